The van der Waals surface area contributed by atoms with Gasteiger partial charge in [-0.05, 0) is 25.7 Å². The van der Waals surface area contributed by atoms with Crippen molar-refractivity contribution in [3.63, 3.8) is 0 Å². The summed E-state index contributed by atoms with van der Waals surface area (Å²) in [5, 5.41) is 0. The van der Waals surface area contributed by atoms with Crippen molar-refractivity contribution in [1.82, 2.24) is 0 Å². The van der Waals surface area contributed by atoms with Crippen LogP contribution in [0, 0.1) is 0 Å². The molecule has 2 aliphatic rings. The van der Waals surface area contributed by atoms with Gasteiger partial charge in [0.05, 0.1) is 12.2 Å². The molecule has 2 fully saturated rings. The highest BCUT2D eigenvalue weighted by molar-refractivity contribution is 5.67. The minimum absolute atomic E-state index is 0.311. The van der Waals surface area contributed by atoms with E-state index in [0.29, 0.717) is 25.0 Å². The van der Waals surface area contributed by atoms with Gasteiger partial charge < -0.3 is 14.2 Å². The number of rotatable bonds is 2. The van der Waals surface area contributed by atoms with Crippen LogP contribution < -0.4 is 0 Å². The maximum Gasteiger partial charge on any atom is 0.303 e. The average Bonchev–Trinajstić information content (AvgIpc) is 2.94. The Labute approximate surface area is 100 Å². The van der Waals surface area contributed by atoms with Crippen LogP contribution in [0.25, 0.3) is 0 Å². The fourth-order valence-electron chi connectivity index (χ4n) is 2.41. The third kappa shape index (κ3) is 3.43. The largest absolute Gasteiger partial charge is 0.459 e. The van der Waals surface area contributed by atoms with Gasteiger partial charge in [-0.3, -0.25) is 9.59 Å². The van der Waals surface area contributed by atoms with Gasteiger partial charge in [-0.25, -0.2) is 0 Å². The summed E-state index contributed by atoms with van der Waals surface area (Å²) in [6, 6.07) is 0. The van der Waals surface area contributed by atoms with Crippen LogP contribution in [0.5, 0.6) is 0 Å². The minimum atomic E-state index is -0.332. The second-order valence-corrected chi connectivity index (χ2v) is 4.66. The maximum absolute atomic E-state index is 11.0. The van der Waals surface area contributed by atoms with Crippen LogP contribution in [0.3, 0.4) is 0 Å². The highest BCUT2D eigenvalue weighted by Crippen LogP contribution is 2.35. The third-order valence-corrected chi connectivity index (χ3v) is 3.21. The van der Waals surface area contributed by atoms with Crippen molar-refractivity contribution >= 4 is 11.9 Å². The molecule has 0 spiro atoms. The van der Waals surface area contributed by atoms with Crippen molar-refractivity contribution in [3.8, 4) is 0 Å². The van der Waals surface area contributed by atoms with Crippen LogP contribution in [-0.2, 0) is 23.8 Å². The van der Waals surface area contributed by atoms with Gasteiger partial charge in [0.1, 0.15) is 12.2 Å². The molecule has 1 aliphatic heterocycles. The summed E-state index contributed by atoms with van der Waals surface area (Å²) >= 11 is 0. The summed E-state index contributed by atoms with van der Waals surface area (Å²) in [7, 11) is 0. The quantitative estimate of drug-likeness (QED) is 0.537. The fourth-order valence-corrected chi connectivity index (χ4v) is 2.41. The lowest BCUT2D eigenvalue weighted by Gasteiger charge is -2.27. The van der Waals surface area contributed by atoms with E-state index < -0.39 is 0 Å². The summed E-state index contributed by atoms with van der Waals surface area (Å²) in [5.41, 5.74) is 0. The van der Waals surface area contributed by atoms with Crippen LogP contribution in [0.15, 0.2) is 0 Å². The lowest BCUT2D eigenvalue weighted by atomic mass is 9.96. The summed E-state index contributed by atoms with van der Waals surface area (Å²) in [4.78, 5) is 22.1. The Morgan fingerprint density at radius 1 is 0.882 bits per heavy atom. The molecule has 0 bridgehead atoms. The summed E-state index contributed by atoms with van der Waals surface area (Å²) < 4.78 is 15.9. The van der Waals surface area contributed by atoms with E-state index in [2.05, 4.69) is 0 Å². The van der Waals surface area contributed by atoms with E-state index >= 15 is 0 Å². The summed E-state index contributed by atoms with van der Waals surface area (Å²) in [5.74, 6) is -0.665. The predicted octanol–water partition coefficient (Wildman–Crippen LogP) is 1.19. The Kier molecular flexibility index (Phi) is 3.66. The zero-order chi connectivity index (χ0) is 12.4. The van der Waals surface area contributed by atoms with E-state index in [1.165, 1.54) is 13.8 Å². The number of hydrogen-bond acceptors (Lipinski definition) is 5. The monoisotopic (exact) mass is 242 g/mol. The first kappa shape index (κ1) is 12.4. The SMILES string of the molecule is CC(=O)O[C@@H]1CC[C@@H]2O[C@@H]2CC[C@H]1OC(C)=O. The van der Waals surface area contributed by atoms with E-state index in [-0.39, 0.29) is 24.1 Å². The van der Waals surface area contributed by atoms with Gasteiger partial charge in [0.15, 0.2) is 0 Å². The molecule has 0 aromatic rings. The molecule has 0 N–H and O–H groups in total. The van der Waals surface area contributed by atoms with E-state index in [0.717, 1.165) is 12.8 Å². The van der Waals surface area contributed by atoms with Gasteiger partial charge in [-0.2, -0.15) is 0 Å². The van der Waals surface area contributed by atoms with Crippen LogP contribution in [0.1, 0.15) is 39.5 Å². The maximum atomic E-state index is 11.0. The van der Waals surface area contributed by atoms with E-state index in [1.807, 2.05) is 0 Å². The first-order valence-electron chi connectivity index (χ1n) is 6.06. The normalized spacial score (nSPS) is 36.1. The zero-order valence-corrected chi connectivity index (χ0v) is 10.2. The van der Waals surface area contributed by atoms with Gasteiger partial charge in [0.25, 0.3) is 0 Å². The number of carbonyl (C=O) groups excluding carboxylic acids is 2. The number of fused-ring (bicyclic) bond motifs is 1. The highest BCUT2D eigenvalue weighted by atomic mass is 16.6. The molecule has 0 amide bonds. The molecule has 1 heterocycles. The van der Waals surface area contributed by atoms with Gasteiger partial charge in [-0.15, -0.1) is 0 Å². The fraction of sp³-hybridized carbons (Fsp3) is 0.833. The van der Waals surface area contributed by atoms with Crippen LogP contribution in [0.2, 0.25) is 0 Å². The molecule has 1 aliphatic carbocycles. The molecule has 96 valence electrons. The van der Waals surface area contributed by atoms with Crippen molar-refractivity contribution in [2.75, 3.05) is 0 Å². The Morgan fingerprint density at radius 2 is 1.29 bits per heavy atom. The van der Waals surface area contributed by atoms with Gasteiger partial charge >= 0.3 is 11.9 Å². The van der Waals surface area contributed by atoms with Crippen molar-refractivity contribution < 1.29 is 23.8 Å². The molecule has 5 heteroatoms. The van der Waals surface area contributed by atoms with E-state index in [9.17, 15) is 9.59 Å². The third-order valence-electron chi connectivity index (χ3n) is 3.21. The molecule has 17 heavy (non-hydrogen) atoms. The Balaban J connectivity index is 1.98. The molecule has 0 aromatic carbocycles. The summed E-state index contributed by atoms with van der Waals surface area (Å²) in [6.07, 6.45) is 3.07. The van der Waals surface area contributed by atoms with Crippen LogP contribution in [0.4, 0.5) is 0 Å². The number of esters is 2. The second-order valence-electron chi connectivity index (χ2n) is 4.66. The van der Waals surface area contributed by atoms with Gasteiger partial charge in [0, 0.05) is 13.8 Å². The number of epoxide rings is 1. The zero-order valence-electron chi connectivity index (χ0n) is 10.2. The van der Waals surface area contributed by atoms with Crippen molar-refractivity contribution in [2.24, 2.45) is 0 Å². The topological polar surface area (TPSA) is 65.1 Å². The number of ether oxygens (including phenoxy) is 3. The molecule has 5 nitrogen and oxygen atoms in total. The van der Waals surface area contributed by atoms with Crippen LogP contribution >= 0.6 is 0 Å². The highest BCUT2D eigenvalue weighted by Gasteiger charge is 2.43. The Hall–Kier alpha value is -1.10. The molecule has 2 rings (SSSR count). The smallest absolute Gasteiger partial charge is 0.303 e. The molecule has 1 saturated carbocycles. The first-order chi connectivity index (χ1) is 8.06. The predicted molar refractivity (Wildman–Crippen MR) is 58.2 cm³/mol. The first-order valence-corrected chi connectivity index (χ1v) is 6.06. The second kappa shape index (κ2) is 5.04. The average molecular weight is 242 g/mol. The lowest BCUT2D eigenvalue weighted by molar-refractivity contribution is -0.166. The van der Waals surface area contributed by atoms with Crippen molar-refractivity contribution in [3.05, 3.63) is 0 Å². The van der Waals surface area contributed by atoms with Gasteiger partial charge in [-0.1, -0.05) is 0 Å². The summed E-state index contributed by atoms with van der Waals surface area (Å²) in [6.45, 7) is 2.75. The lowest BCUT2D eigenvalue weighted by Crippen LogP contribution is -2.36. The Morgan fingerprint density at radius 3 is 1.65 bits per heavy atom. The van der Waals surface area contributed by atoms with Crippen LogP contribution in [-0.4, -0.2) is 36.4 Å². The molecular formula is C12H18O5. The van der Waals surface area contributed by atoms with Crippen molar-refractivity contribution in [1.29, 1.82) is 0 Å². The number of carbonyl (C=O) groups is 2. The standard InChI is InChI=1S/C12H18O5/c1-7(13)15-9-3-5-11-12(17-11)6-4-10(9)16-8(2)14/h9-12H,3-6H2,1-2H3/t9-,10-,11-,12+/m1/s1. The van der Waals surface area contributed by atoms with E-state index in [4.69, 9.17) is 14.2 Å². The molecule has 4 atom stereocenters. The molecule has 0 unspecified atom stereocenters. The molecule has 0 radical (unpaired) electrons. The van der Waals surface area contributed by atoms with E-state index in [1.54, 1.807) is 0 Å². The number of hydrogen-bond donors (Lipinski definition) is 0. The molecular weight excluding hydrogens is 224 g/mol. The Bertz CT molecular complexity index is 284. The van der Waals surface area contributed by atoms with Gasteiger partial charge in [0.2, 0.25) is 0 Å². The molecule has 0 aromatic heterocycles. The molecule has 1 saturated heterocycles. The van der Waals surface area contributed by atoms with Crippen molar-refractivity contribution in [2.45, 2.75) is 63.9 Å². The minimum Gasteiger partial charge on any atom is -0.459 e.